The lowest BCUT2D eigenvalue weighted by Gasteiger charge is -2.19. The van der Waals surface area contributed by atoms with Gasteiger partial charge in [-0.3, -0.25) is 0 Å². The SMILES string of the molecule is CCCN(CCNS(=O)(=O)c1ccc(Cl)s1)S(C)(=O)=O. The summed E-state index contributed by atoms with van der Waals surface area (Å²) in [5.41, 5.74) is 0. The first-order valence-corrected chi connectivity index (χ1v) is 10.4. The smallest absolute Gasteiger partial charge is 0.213 e. The highest BCUT2D eigenvalue weighted by Gasteiger charge is 2.19. The molecular weight excluding hydrogens is 344 g/mol. The van der Waals surface area contributed by atoms with Gasteiger partial charge in [-0.15, -0.1) is 11.3 Å². The lowest BCUT2D eigenvalue weighted by atomic mass is 10.5. The van der Waals surface area contributed by atoms with Crippen LogP contribution in [0.15, 0.2) is 16.3 Å². The fraction of sp³-hybridized carbons (Fsp3) is 0.600. The van der Waals surface area contributed by atoms with Gasteiger partial charge in [0, 0.05) is 19.6 Å². The number of nitrogens with zero attached hydrogens (tertiary/aromatic N) is 1. The molecular formula is C10H17ClN2O4S3. The Morgan fingerprint density at radius 2 is 1.90 bits per heavy atom. The zero-order valence-corrected chi connectivity index (χ0v) is 14.4. The molecule has 20 heavy (non-hydrogen) atoms. The zero-order chi connectivity index (χ0) is 15.4. The topological polar surface area (TPSA) is 83.6 Å². The van der Waals surface area contributed by atoms with Crippen LogP contribution < -0.4 is 4.72 Å². The largest absolute Gasteiger partial charge is 0.250 e. The molecule has 0 amide bonds. The van der Waals surface area contributed by atoms with Gasteiger partial charge < -0.3 is 0 Å². The van der Waals surface area contributed by atoms with Crippen molar-refractivity contribution < 1.29 is 16.8 Å². The molecule has 0 aliphatic heterocycles. The highest BCUT2D eigenvalue weighted by atomic mass is 35.5. The van der Waals surface area contributed by atoms with Crippen LogP contribution in [-0.4, -0.2) is 47.0 Å². The van der Waals surface area contributed by atoms with Crippen LogP contribution in [-0.2, 0) is 20.0 Å². The number of hydrogen-bond donors (Lipinski definition) is 1. The van der Waals surface area contributed by atoms with Crippen molar-refractivity contribution in [3.05, 3.63) is 16.5 Å². The summed E-state index contributed by atoms with van der Waals surface area (Å²) in [6.45, 7) is 2.34. The number of sulfonamides is 2. The Morgan fingerprint density at radius 1 is 1.25 bits per heavy atom. The van der Waals surface area contributed by atoms with E-state index in [9.17, 15) is 16.8 Å². The maximum atomic E-state index is 11.9. The maximum Gasteiger partial charge on any atom is 0.250 e. The molecule has 0 aliphatic carbocycles. The molecule has 0 saturated carbocycles. The van der Waals surface area contributed by atoms with Crippen LogP contribution in [0.4, 0.5) is 0 Å². The van der Waals surface area contributed by atoms with Gasteiger partial charge in [-0.1, -0.05) is 18.5 Å². The van der Waals surface area contributed by atoms with E-state index in [1.54, 1.807) is 0 Å². The summed E-state index contributed by atoms with van der Waals surface area (Å²) in [6, 6.07) is 2.91. The molecule has 0 unspecified atom stereocenters. The first-order valence-electron chi connectivity index (χ1n) is 5.87. The summed E-state index contributed by atoms with van der Waals surface area (Å²) in [7, 11) is -6.96. The van der Waals surface area contributed by atoms with E-state index in [0.717, 1.165) is 17.6 Å². The molecule has 0 radical (unpaired) electrons. The van der Waals surface area contributed by atoms with Crippen molar-refractivity contribution in [1.82, 2.24) is 9.03 Å². The fourth-order valence-corrected chi connectivity index (χ4v) is 5.00. The third kappa shape index (κ3) is 5.30. The predicted octanol–water partition coefficient (Wildman–Crippen LogP) is 1.35. The lowest BCUT2D eigenvalue weighted by molar-refractivity contribution is 0.416. The van der Waals surface area contributed by atoms with E-state index in [1.165, 1.54) is 16.4 Å². The van der Waals surface area contributed by atoms with Gasteiger partial charge in [-0.05, 0) is 18.6 Å². The van der Waals surface area contributed by atoms with Gasteiger partial charge in [0.05, 0.1) is 10.6 Å². The molecule has 6 nitrogen and oxygen atoms in total. The summed E-state index contributed by atoms with van der Waals surface area (Å²) in [6.07, 6.45) is 1.77. The first-order chi connectivity index (χ1) is 9.16. The monoisotopic (exact) mass is 360 g/mol. The van der Waals surface area contributed by atoms with E-state index in [0.29, 0.717) is 17.3 Å². The van der Waals surface area contributed by atoms with Crippen LogP contribution in [0.2, 0.25) is 4.34 Å². The van der Waals surface area contributed by atoms with E-state index in [-0.39, 0.29) is 17.3 Å². The summed E-state index contributed by atoms with van der Waals surface area (Å²) in [5, 5.41) is 0. The van der Waals surface area contributed by atoms with Crippen LogP contribution in [0.25, 0.3) is 0 Å². The van der Waals surface area contributed by atoms with E-state index in [1.807, 2.05) is 6.92 Å². The summed E-state index contributed by atoms with van der Waals surface area (Å²) in [4.78, 5) is 0. The highest BCUT2D eigenvalue weighted by molar-refractivity contribution is 7.91. The molecule has 0 atom stereocenters. The van der Waals surface area contributed by atoms with Crippen LogP contribution in [0.1, 0.15) is 13.3 Å². The van der Waals surface area contributed by atoms with Gasteiger partial charge in [0.2, 0.25) is 20.0 Å². The number of rotatable bonds is 8. The Hall–Kier alpha value is -0.190. The molecule has 0 bridgehead atoms. The van der Waals surface area contributed by atoms with E-state index >= 15 is 0 Å². The van der Waals surface area contributed by atoms with E-state index in [4.69, 9.17) is 11.6 Å². The number of thiophene rings is 1. The standard InChI is InChI=1S/C10H17ClN2O4S3/c1-3-7-13(19(2,14)15)8-6-12-20(16,17)10-5-4-9(11)18-10/h4-5,12H,3,6-8H2,1-2H3. The van der Waals surface area contributed by atoms with Crippen LogP contribution >= 0.6 is 22.9 Å². The molecule has 1 rings (SSSR count). The van der Waals surface area contributed by atoms with Gasteiger partial charge >= 0.3 is 0 Å². The molecule has 1 aromatic heterocycles. The van der Waals surface area contributed by atoms with Gasteiger partial charge in [0.25, 0.3) is 0 Å². The minimum Gasteiger partial charge on any atom is -0.213 e. The van der Waals surface area contributed by atoms with Crippen molar-refractivity contribution in [3.8, 4) is 0 Å². The Labute approximate surface area is 128 Å². The quantitative estimate of drug-likeness (QED) is 0.758. The Kier molecular flexibility index (Phi) is 6.42. The average Bonchev–Trinajstić information content (AvgIpc) is 2.74. The second kappa shape index (κ2) is 7.19. The number of halogens is 1. The third-order valence-corrected chi connectivity index (χ3v) is 6.90. The molecule has 1 aromatic rings. The van der Waals surface area contributed by atoms with Gasteiger partial charge in [-0.25, -0.2) is 25.9 Å². The normalized spacial score (nSPS) is 13.0. The summed E-state index contributed by atoms with van der Waals surface area (Å²) < 4.78 is 50.9. The minimum absolute atomic E-state index is 0.0188. The van der Waals surface area contributed by atoms with Crippen molar-refractivity contribution >= 4 is 43.0 Å². The van der Waals surface area contributed by atoms with Gasteiger partial charge in [-0.2, -0.15) is 0 Å². The average molecular weight is 361 g/mol. The number of nitrogens with one attached hydrogen (secondary N) is 1. The van der Waals surface area contributed by atoms with Gasteiger partial charge in [0.1, 0.15) is 4.21 Å². The van der Waals surface area contributed by atoms with E-state index in [2.05, 4.69) is 4.72 Å². The van der Waals surface area contributed by atoms with Crippen molar-refractivity contribution in [3.63, 3.8) is 0 Å². The molecule has 0 aromatic carbocycles. The van der Waals surface area contributed by atoms with Crippen LogP contribution in [0.3, 0.4) is 0 Å². The van der Waals surface area contributed by atoms with Crippen molar-refractivity contribution in [2.24, 2.45) is 0 Å². The third-order valence-electron chi connectivity index (χ3n) is 2.41. The lowest BCUT2D eigenvalue weighted by Crippen LogP contribution is -2.38. The minimum atomic E-state index is -3.63. The van der Waals surface area contributed by atoms with Crippen LogP contribution in [0, 0.1) is 0 Å². The Bertz CT molecular complexity index is 639. The van der Waals surface area contributed by atoms with Crippen molar-refractivity contribution in [2.75, 3.05) is 25.9 Å². The second-order valence-corrected chi connectivity index (χ2v) is 9.81. The van der Waals surface area contributed by atoms with Crippen molar-refractivity contribution in [2.45, 2.75) is 17.6 Å². The summed E-state index contributed by atoms with van der Waals surface area (Å²) >= 11 is 6.64. The Balaban J connectivity index is 2.63. The predicted molar refractivity (Wildman–Crippen MR) is 81.2 cm³/mol. The molecule has 1 heterocycles. The molecule has 0 saturated heterocycles. The van der Waals surface area contributed by atoms with E-state index < -0.39 is 20.0 Å². The maximum absolute atomic E-state index is 11.9. The van der Waals surface area contributed by atoms with Crippen LogP contribution in [0.5, 0.6) is 0 Å². The summed E-state index contributed by atoms with van der Waals surface area (Å²) in [5.74, 6) is 0. The Morgan fingerprint density at radius 3 is 2.35 bits per heavy atom. The molecule has 1 N–H and O–H groups in total. The molecule has 0 spiro atoms. The molecule has 0 aliphatic rings. The first kappa shape index (κ1) is 17.9. The molecule has 116 valence electrons. The molecule has 10 heteroatoms. The fourth-order valence-electron chi connectivity index (χ4n) is 1.51. The van der Waals surface area contributed by atoms with Crippen molar-refractivity contribution in [1.29, 1.82) is 0 Å². The molecule has 0 fully saturated rings. The highest BCUT2D eigenvalue weighted by Crippen LogP contribution is 2.25. The second-order valence-electron chi connectivity index (χ2n) is 4.12. The zero-order valence-electron chi connectivity index (χ0n) is 11.2. The van der Waals surface area contributed by atoms with Gasteiger partial charge in [0.15, 0.2) is 0 Å². The number of hydrogen-bond acceptors (Lipinski definition) is 5.